The number of aromatic nitrogens is 1. The van der Waals surface area contributed by atoms with Gasteiger partial charge in [0.15, 0.2) is 0 Å². The molecule has 0 bridgehead atoms. The van der Waals surface area contributed by atoms with Crippen molar-refractivity contribution in [2.75, 3.05) is 44.7 Å². The molecule has 1 aromatic heterocycles. The zero-order valence-corrected chi connectivity index (χ0v) is 25.7. The number of nitrogens with zero attached hydrogens (tertiary/aromatic N) is 2. The average Bonchev–Trinajstić information content (AvgIpc) is 3.34. The van der Waals surface area contributed by atoms with Crippen LogP contribution in [0.25, 0.3) is 10.9 Å². The maximum atomic E-state index is 15.7. The lowest BCUT2D eigenvalue weighted by molar-refractivity contribution is -0.191. The van der Waals surface area contributed by atoms with Crippen LogP contribution in [-0.2, 0) is 16.0 Å². The summed E-state index contributed by atoms with van der Waals surface area (Å²) < 4.78 is 60.3. The van der Waals surface area contributed by atoms with Crippen LogP contribution in [0.4, 0.5) is 23.2 Å². The maximum absolute atomic E-state index is 15.7. The summed E-state index contributed by atoms with van der Waals surface area (Å²) in [6.07, 6.45) is 2.36. The highest BCUT2D eigenvalue weighted by Crippen LogP contribution is 2.43. The number of fused-ring (bicyclic) bond motifs is 3. The Balaban J connectivity index is 0.000000736. The molecular weight excluding hydrogens is 608 g/mol. The van der Waals surface area contributed by atoms with Crippen molar-refractivity contribution in [3.8, 4) is 0 Å². The van der Waals surface area contributed by atoms with E-state index in [9.17, 15) is 13.9 Å². The molecule has 3 heterocycles. The van der Waals surface area contributed by atoms with Crippen molar-refractivity contribution < 1.29 is 42.5 Å². The van der Waals surface area contributed by atoms with Gasteiger partial charge in [-0.2, -0.15) is 9.59 Å². The summed E-state index contributed by atoms with van der Waals surface area (Å²) in [5.74, 6) is -4.99. The van der Waals surface area contributed by atoms with Crippen LogP contribution in [0.1, 0.15) is 63.9 Å². The molecule has 5 N–H and O–H groups in total. The number of hydrogen-bond acceptors (Lipinski definition) is 8. The van der Waals surface area contributed by atoms with Crippen LogP contribution in [0.3, 0.4) is 0 Å². The van der Waals surface area contributed by atoms with Crippen molar-refractivity contribution >= 4 is 22.7 Å². The highest BCUT2D eigenvalue weighted by Gasteiger charge is 2.43. The molecule has 0 aliphatic carbocycles. The third-order valence-corrected chi connectivity index (χ3v) is 7.94. The number of anilines is 1. The second-order valence-electron chi connectivity index (χ2n) is 11.6. The molecule has 2 aliphatic heterocycles. The number of aromatic amines is 1. The molecule has 13 heteroatoms. The maximum Gasteiger partial charge on any atom is 0.373 e. The Hall–Kier alpha value is -3.32. The summed E-state index contributed by atoms with van der Waals surface area (Å²) in [5.41, 5.74) is 2.25. The van der Waals surface area contributed by atoms with Crippen LogP contribution in [0, 0.1) is 11.6 Å². The first-order valence-electron chi connectivity index (χ1n) is 15.0. The minimum absolute atomic E-state index is 0. The molecule has 0 spiro atoms. The number of aliphatic hydroxyl groups excluding tert-OH is 3. The van der Waals surface area contributed by atoms with Crippen molar-refractivity contribution in [3.63, 3.8) is 0 Å². The van der Waals surface area contributed by atoms with Crippen LogP contribution in [-0.4, -0.2) is 99.8 Å². The number of hydrogen-bond donors (Lipinski definition) is 5. The Morgan fingerprint density at radius 3 is 2.26 bits per heavy atom. The first-order chi connectivity index (χ1) is 21.4. The Morgan fingerprint density at radius 2 is 1.72 bits per heavy atom. The van der Waals surface area contributed by atoms with E-state index >= 15 is 8.78 Å². The van der Waals surface area contributed by atoms with Gasteiger partial charge in [0.1, 0.15) is 18.2 Å². The SMILES string of the molecule is C.CCCCN1CC(Nc2cc(F)c([C@@H]3c4[nH]c5ccccc5c4C[C@@H](C)N3CC(F)(F)CO)c(F)c2)C1.C[C@H](O)CO.O=C=O. The van der Waals surface area contributed by atoms with E-state index in [2.05, 4.69) is 22.1 Å². The number of aliphatic hydroxyl groups is 3. The van der Waals surface area contributed by atoms with E-state index in [4.69, 9.17) is 19.8 Å². The zero-order chi connectivity index (χ0) is 33.3. The monoisotopic (exact) mass is 654 g/mol. The van der Waals surface area contributed by atoms with Gasteiger partial charge in [-0.25, -0.2) is 17.6 Å². The van der Waals surface area contributed by atoms with E-state index in [0.717, 1.165) is 48.9 Å². The number of alkyl halides is 2. The lowest BCUT2D eigenvalue weighted by atomic mass is 9.87. The molecule has 1 fully saturated rings. The minimum atomic E-state index is -3.42. The molecule has 3 aromatic rings. The largest absolute Gasteiger partial charge is 0.394 e. The van der Waals surface area contributed by atoms with E-state index < -0.39 is 48.9 Å². The van der Waals surface area contributed by atoms with Crippen molar-refractivity contribution in [1.82, 2.24) is 14.8 Å². The first-order valence-corrected chi connectivity index (χ1v) is 15.0. The number of unbranched alkanes of at least 4 members (excludes halogenated alkanes) is 1. The summed E-state index contributed by atoms with van der Waals surface area (Å²) in [5, 5.41) is 29.4. The zero-order valence-electron chi connectivity index (χ0n) is 25.7. The van der Waals surface area contributed by atoms with Gasteiger partial charge in [-0.1, -0.05) is 39.0 Å². The standard InChI is InChI=1S/C28H34F4N4O.C3H8O2.CO2.CH4/c1-3-4-9-35-13-19(14-35)33-18-11-22(29)25(23(30)12-18)27-26-21(20-7-5-6-8-24(20)34-26)10-17(2)36(27)15-28(31,32)16-37;1-3(5)2-4;2-1-3;/h5-8,11-12,17,19,27,33-34,37H,3-4,9-10,13-16H2,1-2H3;3-5H,2H2,1H3;;1H4/t17-,27-;3-;;/m10../s1. The van der Waals surface area contributed by atoms with Crippen LogP contribution in [0.5, 0.6) is 0 Å². The predicted molar refractivity (Wildman–Crippen MR) is 168 cm³/mol. The van der Waals surface area contributed by atoms with Crippen LogP contribution < -0.4 is 5.32 Å². The van der Waals surface area contributed by atoms with Crippen LogP contribution in [0.15, 0.2) is 36.4 Å². The molecule has 0 radical (unpaired) electrons. The second kappa shape index (κ2) is 17.6. The number of halogens is 4. The van der Waals surface area contributed by atoms with Gasteiger partial charge in [-0.15, -0.1) is 0 Å². The summed E-state index contributed by atoms with van der Waals surface area (Å²) in [6.45, 7) is 5.78. The highest BCUT2D eigenvalue weighted by molar-refractivity contribution is 5.85. The minimum Gasteiger partial charge on any atom is -0.394 e. The first kappa shape index (κ1) is 38.9. The predicted octanol–water partition coefficient (Wildman–Crippen LogP) is 4.72. The number of carbonyl (C=O) groups excluding carboxylic acids is 2. The molecule has 256 valence electrons. The fourth-order valence-corrected chi connectivity index (χ4v) is 5.77. The summed E-state index contributed by atoms with van der Waals surface area (Å²) in [4.78, 5) is 23.2. The Labute approximate surface area is 267 Å². The van der Waals surface area contributed by atoms with Crippen LogP contribution >= 0.6 is 0 Å². The topological polar surface area (TPSA) is 129 Å². The van der Waals surface area contributed by atoms with Gasteiger partial charge in [0.05, 0.1) is 31.3 Å². The summed E-state index contributed by atoms with van der Waals surface area (Å²) in [7, 11) is 0. The third kappa shape index (κ3) is 9.60. The van der Waals surface area contributed by atoms with Gasteiger partial charge in [-0.3, -0.25) is 9.80 Å². The van der Waals surface area contributed by atoms with Gasteiger partial charge in [-0.05, 0) is 57.0 Å². The molecule has 0 saturated carbocycles. The number of rotatable bonds is 10. The molecule has 5 rings (SSSR count). The quantitative estimate of drug-likeness (QED) is 0.199. The molecule has 46 heavy (non-hydrogen) atoms. The summed E-state index contributed by atoms with van der Waals surface area (Å²) >= 11 is 0. The van der Waals surface area contributed by atoms with E-state index in [1.807, 2.05) is 24.3 Å². The lowest BCUT2D eigenvalue weighted by Gasteiger charge is -2.42. The number of nitrogens with one attached hydrogen (secondary N) is 2. The Bertz CT molecular complexity index is 1400. The molecule has 3 atom stereocenters. The number of benzene rings is 2. The van der Waals surface area contributed by atoms with E-state index in [1.54, 1.807) is 6.92 Å². The van der Waals surface area contributed by atoms with E-state index in [0.29, 0.717) is 17.8 Å². The number of para-hydroxylation sites is 1. The molecule has 0 unspecified atom stereocenters. The summed E-state index contributed by atoms with van der Waals surface area (Å²) in [6, 6.07) is 8.63. The molecule has 1 saturated heterocycles. The third-order valence-electron chi connectivity index (χ3n) is 7.94. The van der Waals surface area contributed by atoms with Crippen molar-refractivity contribution in [2.24, 2.45) is 0 Å². The van der Waals surface area contributed by atoms with Gasteiger partial charge >= 0.3 is 6.15 Å². The molecule has 9 nitrogen and oxygen atoms in total. The fourth-order valence-electron chi connectivity index (χ4n) is 5.77. The Kier molecular flexibility index (Phi) is 14.8. The number of likely N-dealkylation sites (tertiary alicyclic amines) is 1. The van der Waals surface area contributed by atoms with E-state index in [1.165, 1.54) is 24.0 Å². The van der Waals surface area contributed by atoms with Gasteiger partial charge in [0.25, 0.3) is 5.92 Å². The molecule has 2 aliphatic rings. The van der Waals surface area contributed by atoms with Crippen molar-refractivity contribution in [2.45, 2.75) is 77.6 Å². The molecule has 0 amide bonds. The fraction of sp³-hybridized carbons (Fsp3) is 0.545. The highest BCUT2D eigenvalue weighted by atomic mass is 19.3. The molecular formula is C33H46F4N4O5. The van der Waals surface area contributed by atoms with E-state index in [-0.39, 0.29) is 31.8 Å². The lowest BCUT2D eigenvalue weighted by Crippen LogP contribution is -2.54. The smallest absolute Gasteiger partial charge is 0.373 e. The van der Waals surface area contributed by atoms with Crippen molar-refractivity contribution in [1.29, 1.82) is 0 Å². The van der Waals surface area contributed by atoms with Gasteiger partial charge < -0.3 is 25.6 Å². The Morgan fingerprint density at radius 1 is 1.13 bits per heavy atom. The molecule has 2 aromatic carbocycles. The van der Waals surface area contributed by atoms with Crippen LogP contribution in [0.2, 0.25) is 0 Å². The average molecular weight is 655 g/mol. The van der Waals surface area contributed by atoms with Crippen molar-refractivity contribution in [3.05, 3.63) is 64.9 Å². The number of H-pyrrole nitrogens is 1. The van der Waals surface area contributed by atoms with Gasteiger partial charge in [0, 0.05) is 47.0 Å². The normalized spacial score (nSPS) is 18.9. The van der Waals surface area contributed by atoms with Gasteiger partial charge in [0.2, 0.25) is 0 Å². The second-order valence-corrected chi connectivity index (χ2v) is 11.6.